The van der Waals surface area contributed by atoms with Gasteiger partial charge in [-0.2, -0.15) is 0 Å². The summed E-state index contributed by atoms with van der Waals surface area (Å²) in [5, 5.41) is 4.06. The Kier molecular flexibility index (Phi) is 10.4. The SMILES string of the molecule is CCCCNC(=O)[C@H](C)N(Cc1c(Cl)cccc1Cl)C(=O)COc1ccc(Br)cc1Cl. The highest BCUT2D eigenvalue weighted by atomic mass is 79.9. The molecule has 2 aromatic carbocycles. The molecule has 2 amide bonds. The fourth-order valence-corrected chi connectivity index (χ4v) is 4.03. The van der Waals surface area contributed by atoms with Crippen LogP contribution < -0.4 is 10.1 Å². The van der Waals surface area contributed by atoms with Crippen molar-refractivity contribution in [3.8, 4) is 5.75 Å². The molecule has 0 aromatic heterocycles. The van der Waals surface area contributed by atoms with Crippen LogP contribution >= 0.6 is 50.7 Å². The Hall–Kier alpha value is -1.47. The van der Waals surface area contributed by atoms with Crippen molar-refractivity contribution in [1.82, 2.24) is 10.2 Å². The smallest absolute Gasteiger partial charge is 0.261 e. The van der Waals surface area contributed by atoms with Crippen LogP contribution in [-0.2, 0) is 16.1 Å². The van der Waals surface area contributed by atoms with Gasteiger partial charge in [0.15, 0.2) is 6.61 Å². The van der Waals surface area contributed by atoms with Gasteiger partial charge in [-0.15, -0.1) is 0 Å². The van der Waals surface area contributed by atoms with Gasteiger partial charge in [-0.3, -0.25) is 9.59 Å². The molecule has 0 spiro atoms. The number of rotatable bonds is 10. The molecule has 9 heteroatoms. The summed E-state index contributed by atoms with van der Waals surface area (Å²) in [6.07, 6.45) is 1.81. The predicted octanol–water partition coefficient (Wildman–Crippen LogP) is 6.12. The number of carbonyl (C=O) groups is 2. The van der Waals surface area contributed by atoms with E-state index in [1.807, 2.05) is 6.92 Å². The third kappa shape index (κ3) is 7.56. The maximum Gasteiger partial charge on any atom is 0.261 e. The average Bonchev–Trinajstić information content (AvgIpc) is 2.72. The minimum Gasteiger partial charge on any atom is -0.482 e. The molecule has 0 saturated carbocycles. The second-order valence-corrected chi connectivity index (χ2v) is 9.04. The number of amides is 2. The second kappa shape index (κ2) is 12.5. The van der Waals surface area contributed by atoms with E-state index in [2.05, 4.69) is 21.2 Å². The van der Waals surface area contributed by atoms with Gasteiger partial charge in [0, 0.05) is 33.2 Å². The maximum atomic E-state index is 13.1. The van der Waals surface area contributed by atoms with Gasteiger partial charge < -0.3 is 15.0 Å². The number of benzene rings is 2. The number of hydrogen-bond acceptors (Lipinski definition) is 3. The zero-order valence-electron chi connectivity index (χ0n) is 17.3. The van der Waals surface area contributed by atoms with Gasteiger partial charge in [0.25, 0.3) is 5.91 Å². The summed E-state index contributed by atoms with van der Waals surface area (Å²) in [5.74, 6) is -0.284. The van der Waals surface area contributed by atoms with E-state index in [4.69, 9.17) is 39.5 Å². The fourth-order valence-electron chi connectivity index (χ4n) is 2.79. The molecule has 0 radical (unpaired) electrons. The number of hydrogen-bond donors (Lipinski definition) is 1. The zero-order valence-corrected chi connectivity index (χ0v) is 21.1. The normalized spacial score (nSPS) is 11.7. The van der Waals surface area contributed by atoms with Crippen LogP contribution in [-0.4, -0.2) is 35.9 Å². The first-order valence-electron chi connectivity index (χ1n) is 9.82. The van der Waals surface area contributed by atoms with Crippen molar-refractivity contribution in [2.75, 3.05) is 13.2 Å². The van der Waals surface area contributed by atoms with Crippen molar-refractivity contribution in [2.24, 2.45) is 0 Å². The summed E-state index contributed by atoms with van der Waals surface area (Å²) in [7, 11) is 0. The Morgan fingerprint density at radius 3 is 2.42 bits per heavy atom. The lowest BCUT2D eigenvalue weighted by molar-refractivity contribution is -0.142. The van der Waals surface area contributed by atoms with Crippen molar-refractivity contribution in [3.05, 3.63) is 61.5 Å². The minimum atomic E-state index is -0.749. The molecule has 0 unspecified atom stereocenters. The van der Waals surface area contributed by atoms with E-state index < -0.39 is 11.9 Å². The molecule has 0 aliphatic rings. The van der Waals surface area contributed by atoms with Crippen molar-refractivity contribution in [1.29, 1.82) is 0 Å². The van der Waals surface area contributed by atoms with E-state index in [1.54, 1.807) is 43.3 Å². The molecule has 2 rings (SSSR count). The van der Waals surface area contributed by atoms with Gasteiger partial charge in [-0.05, 0) is 43.7 Å². The summed E-state index contributed by atoms with van der Waals surface area (Å²) in [4.78, 5) is 27.1. The lowest BCUT2D eigenvalue weighted by atomic mass is 10.1. The molecule has 31 heavy (non-hydrogen) atoms. The molecule has 0 heterocycles. The van der Waals surface area contributed by atoms with E-state index in [-0.39, 0.29) is 19.1 Å². The van der Waals surface area contributed by atoms with E-state index in [1.165, 1.54) is 4.90 Å². The summed E-state index contributed by atoms with van der Waals surface area (Å²) >= 11 is 22.1. The number of carbonyl (C=O) groups excluding carboxylic acids is 2. The molecule has 0 bridgehead atoms. The van der Waals surface area contributed by atoms with Gasteiger partial charge in [0.2, 0.25) is 5.91 Å². The largest absolute Gasteiger partial charge is 0.482 e. The summed E-state index contributed by atoms with van der Waals surface area (Å²) in [6, 6.07) is 9.45. The molecule has 1 N–H and O–H groups in total. The first-order chi connectivity index (χ1) is 14.7. The van der Waals surface area contributed by atoms with Crippen LogP contribution in [0.3, 0.4) is 0 Å². The molecular formula is C22H24BrCl3N2O3. The molecule has 2 aromatic rings. The van der Waals surface area contributed by atoms with Crippen LogP contribution in [0.1, 0.15) is 32.3 Å². The molecular weight excluding hydrogens is 527 g/mol. The van der Waals surface area contributed by atoms with E-state index in [9.17, 15) is 9.59 Å². The second-order valence-electron chi connectivity index (χ2n) is 6.91. The number of nitrogens with zero attached hydrogens (tertiary/aromatic N) is 1. The number of unbranched alkanes of at least 4 members (excludes halogenated alkanes) is 1. The molecule has 0 saturated heterocycles. The highest BCUT2D eigenvalue weighted by Crippen LogP contribution is 2.29. The average molecular weight is 551 g/mol. The third-order valence-corrected chi connectivity index (χ3v) is 6.13. The molecule has 5 nitrogen and oxygen atoms in total. The summed E-state index contributed by atoms with van der Waals surface area (Å²) < 4.78 is 6.41. The molecule has 168 valence electrons. The van der Waals surface area contributed by atoms with Gasteiger partial charge in [-0.25, -0.2) is 0 Å². The Balaban J connectivity index is 2.20. The van der Waals surface area contributed by atoms with Gasteiger partial charge in [0.1, 0.15) is 11.8 Å². The van der Waals surface area contributed by atoms with Crippen LogP contribution in [0.25, 0.3) is 0 Å². The standard InChI is InChI=1S/C22H24BrCl3N2O3/c1-3-4-10-27-22(30)14(2)28(12-16-17(24)6-5-7-18(16)25)21(29)13-31-20-9-8-15(23)11-19(20)26/h5-9,11,14H,3-4,10,12-13H2,1-2H3,(H,27,30)/t14-/m0/s1. The van der Waals surface area contributed by atoms with Crippen molar-refractivity contribution < 1.29 is 14.3 Å². The first-order valence-corrected chi connectivity index (χ1v) is 11.7. The Morgan fingerprint density at radius 2 is 1.81 bits per heavy atom. The zero-order chi connectivity index (χ0) is 23.0. The Bertz CT molecular complexity index is 907. The van der Waals surface area contributed by atoms with Crippen molar-refractivity contribution in [2.45, 2.75) is 39.3 Å². The number of halogens is 4. The molecule has 0 aliphatic heterocycles. The van der Waals surface area contributed by atoms with Crippen LogP contribution in [0.2, 0.25) is 15.1 Å². The summed E-state index contributed by atoms with van der Waals surface area (Å²) in [5.41, 5.74) is 0.564. The number of ether oxygens (including phenoxy) is 1. The topological polar surface area (TPSA) is 58.6 Å². The highest BCUT2D eigenvalue weighted by Gasteiger charge is 2.27. The fraction of sp³-hybridized carbons (Fsp3) is 0.364. The lowest BCUT2D eigenvalue weighted by Crippen LogP contribution is -2.49. The van der Waals surface area contributed by atoms with Crippen LogP contribution in [0.5, 0.6) is 5.75 Å². The van der Waals surface area contributed by atoms with Gasteiger partial charge in [0.05, 0.1) is 5.02 Å². The summed E-state index contributed by atoms with van der Waals surface area (Å²) in [6.45, 7) is 4.01. The number of nitrogens with one attached hydrogen (secondary N) is 1. The predicted molar refractivity (Wildman–Crippen MR) is 129 cm³/mol. The lowest BCUT2D eigenvalue weighted by Gasteiger charge is -2.29. The van der Waals surface area contributed by atoms with Crippen molar-refractivity contribution in [3.63, 3.8) is 0 Å². The third-order valence-electron chi connectivity index (χ3n) is 4.63. The van der Waals surface area contributed by atoms with Crippen LogP contribution in [0.15, 0.2) is 40.9 Å². The quantitative estimate of drug-likeness (QED) is 0.363. The Labute approximate surface area is 206 Å². The van der Waals surface area contributed by atoms with Crippen LogP contribution in [0, 0.1) is 0 Å². The minimum absolute atomic E-state index is 0.0666. The molecule has 0 aliphatic carbocycles. The monoisotopic (exact) mass is 548 g/mol. The highest BCUT2D eigenvalue weighted by molar-refractivity contribution is 9.10. The molecule has 0 fully saturated rings. The Morgan fingerprint density at radius 1 is 1.13 bits per heavy atom. The van der Waals surface area contributed by atoms with Gasteiger partial charge in [-0.1, -0.05) is 70.1 Å². The first kappa shape index (κ1) is 25.8. The van der Waals surface area contributed by atoms with E-state index >= 15 is 0 Å². The van der Waals surface area contributed by atoms with Crippen molar-refractivity contribution >= 4 is 62.5 Å². The molecule has 1 atom stereocenters. The maximum absolute atomic E-state index is 13.1. The van der Waals surface area contributed by atoms with E-state index in [0.717, 1.165) is 17.3 Å². The van der Waals surface area contributed by atoms with Crippen LogP contribution in [0.4, 0.5) is 0 Å². The van der Waals surface area contributed by atoms with E-state index in [0.29, 0.717) is 32.9 Å². The van der Waals surface area contributed by atoms with Gasteiger partial charge >= 0.3 is 0 Å².